The van der Waals surface area contributed by atoms with E-state index in [2.05, 4.69) is 77.9 Å². The predicted molar refractivity (Wildman–Crippen MR) is 161 cm³/mol. The van der Waals surface area contributed by atoms with Gasteiger partial charge in [-0.15, -0.1) is 0 Å². The summed E-state index contributed by atoms with van der Waals surface area (Å²) < 4.78 is 8.24. The molecular weight excluding hydrogens is 482 g/mol. The topological polar surface area (TPSA) is 50.5 Å². The predicted octanol–water partition coefficient (Wildman–Crippen LogP) is 8.15. The number of imidazole rings is 1. The summed E-state index contributed by atoms with van der Waals surface area (Å²) in [5.74, 6) is 2.23. The summed E-state index contributed by atoms with van der Waals surface area (Å²) in [4.78, 5) is 7.85. The summed E-state index contributed by atoms with van der Waals surface area (Å²) in [7, 11) is 1.73. The molecular formula is C34H43N3O2. The standard InChI is InChI=1S/C34H43N3O2/c1-6-8-19-36(23-27-21-25(3)33(38)26(4)22-27)24-30-32(29-17-13-14-18-31(29)39-5)35-34(37(30)20-9-7-2)28-15-11-10-12-16-28/h10-18,21-22,38H,6-9,19-20,23-24H2,1-5H3. The molecule has 4 aromatic rings. The van der Waals surface area contributed by atoms with Gasteiger partial charge in [-0.3, -0.25) is 4.90 Å². The molecule has 0 saturated carbocycles. The lowest BCUT2D eigenvalue weighted by Crippen LogP contribution is -2.26. The second-order valence-electron chi connectivity index (χ2n) is 10.4. The molecule has 5 heteroatoms. The number of methoxy groups -OCH3 is 1. The Hall–Kier alpha value is -3.57. The molecule has 0 unspecified atom stereocenters. The third-order valence-corrected chi connectivity index (χ3v) is 7.36. The number of aryl methyl sites for hydroxylation is 2. The van der Waals surface area contributed by atoms with Gasteiger partial charge in [0.2, 0.25) is 0 Å². The summed E-state index contributed by atoms with van der Waals surface area (Å²) in [5.41, 5.74) is 7.43. The van der Waals surface area contributed by atoms with E-state index in [-0.39, 0.29) is 0 Å². The minimum Gasteiger partial charge on any atom is -0.507 e. The zero-order valence-electron chi connectivity index (χ0n) is 24.2. The molecule has 39 heavy (non-hydrogen) atoms. The zero-order valence-corrected chi connectivity index (χ0v) is 24.2. The van der Waals surface area contributed by atoms with E-state index in [1.54, 1.807) is 7.11 Å². The molecule has 0 bridgehead atoms. The minimum absolute atomic E-state index is 0.391. The molecule has 0 aliphatic heterocycles. The van der Waals surface area contributed by atoms with Gasteiger partial charge in [0.25, 0.3) is 0 Å². The van der Waals surface area contributed by atoms with Crippen LogP contribution in [-0.2, 0) is 19.6 Å². The lowest BCUT2D eigenvalue weighted by Gasteiger charge is -2.25. The van der Waals surface area contributed by atoms with Crippen molar-refractivity contribution < 1.29 is 9.84 Å². The van der Waals surface area contributed by atoms with E-state index >= 15 is 0 Å². The fourth-order valence-electron chi connectivity index (χ4n) is 5.27. The number of para-hydroxylation sites is 1. The Morgan fingerprint density at radius 3 is 2.21 bits per heavy atom. The molecule has 206 valence electrons. The first kappa shape index (κ1) is 28.4. The quantitative estimate of drug-likeness (QED) is 0.191. The second-order valence-corrected chi connectivity index (χ2v) is 10.4. The van der Waals surface area contributed by atoms with Crippen LogP contribution in [0.3, 0.4) is 0 Å². The van der Waals surface area contributed by atoms with E-state index in [9.17, 15) is 5.11 Å². The first-order chi connectivity index (χ1) is 19.0. The van der Waals surface area contributed by atoms with E-state index < -0.39 is 0 Å². The maximum absolute atomic E-state index is 10.3. The smallest absolute Gasteiger partial charge is 0.140 e. The van der Waals surface area contributed by atoms with Crippen molar-refractivity contribution in [3.63, 3.8) is 0 Å². The van der Waals surface area contributed by atoms with Crippen LogP contribution in [0, 0.1) is 13.8 Å². The molecule has 4 rings (SSSR count). The Balaban J connectivity index is 1.85. The monoisotopic (exact) mass is 525 g/mol. The van der Waals surface area contributed by atoms with Crippen LogP contribution in [0.4, 0.5) is 0 Å². The highest BCUT2D eigenvalue weighted by atomic mass is 16.5. The molecule has 0 saturated heterocycles. The molecule has 1 N–H and O–H groups in total. The van der Waals surface area contributed by atoms with Crippen LogP contribution in [0.2, 0.25) is 0 Å². The molecule has 3 aromatic carbocycles. The number of phenolic OH excluding ortho intramolecular Hbond substituents is 1. The van der Waals surface area contributed by atoms with Crippen molar-refractivity contribution in [2.75, 3.05) is 13.7 Å². The minimum atomic E-state index is 0.391. The summed E-state index contributed by atoms with van der Waals surface area (Å²) in [5, 5.41) is 10.3. The lowest BCUT2D eigenvalue weighted by molar-refractivity contribution is 0.246. The summed E-state index contributed by atoms with van der Waals surface area (Å²) in [6.07, 6.45) is 4.45. The van der Waals surface area contributed by atoms with Gasteiger partial charge in [-0.25, -0.2) is 4.98 Å². The van der Waals surface area contributed by atoms with Gasteiger partial charge in [0.15, 0.2) is 0 Å². The van der Waals surface area contributed by atoms with Crippen LogP contribution in [-0.4, -0.2) is 33.2 Å². The number of hydrogen-bond acceptors (Lipinski definition) is 4. The fourth-order valence-corrected chi connectivity index (χ4v) is 5.27. The molecule has 1 heterocycles. The average Bonchev–Trinajstić information content (AvgIpc) is 3.31. The van der Waals surface area contributed by atoms with Crippen molar-refractivity contribution in [3.05, 3.63) is 89.1 Å². The highest BCUT2D eigenvalue weighted by Gasteiger charge is 2.23. The van der Waals surface area contributed by atoms with Crippen molar-refractivity contribution in [2.45, 2.75) is 73.0 Å². The Kier molecular flexibility index (Phi) is 9.83. The highest BCUT2D eigenvalue weighted by molar-refractivity contribution is 5.73. The Morgan fingerprint density at radius 2 is 1.54 bits per heavy atom. The van der Waals surface area contributed by atoms with Gasteiger partial charge in [-0.2, -0.15) is 0 Å². The zero-order chi connectivity index (χ0) is 27.8. The Morgan fingerprint density at radius 1 is 0.872 bits per heavy atom. The lowest BCUT2D eigenvalue weighted by atomic mass is 10.0. The number of benzene rings is 3. The number of phenols is 1. The van der Waals surface area contributed by atoms with Crippen LogP contribution in [0.5, 0.6) is 11.5 Å². The number of hydrogen-bond donors (Lipinski definition) is 1. The molecule has 0 atom stereocenters. The Labute approximate surface area is 234 Å². The fraction of sp³-hybridized carbons (Fsp3) is 0.382. The molecule has 1 aromatic heterocycles. The highest BCUT2D eigenvalue weighted by Crippen LogP contribution is 2.36. The average molecular weight is 526 g/mol. The number of aromatic hydroxyl groups is 1. The van der Waals surface area contributed by atoms with Gasteiger partial charge in [0, 0.05) is 30.8 Å². The normalized spacial score (nSPS) is 11.3. The van der Waals surface area contributed by atoms with Gasteiger partial charge < -0.3 is 14.4 Å². The van der Waals surface area contributed by atoms with Crippen molar-refractivity contribution in [3.8, 4) is 34.1 Å². The van der Waals surface area contributed by atoms with Gasteiger partial charge >= 0.3 is 0 Å². The summed E-state index contributed by atoms with van der Waals surface area (Å²) in [6.45, 7) is 11.9. The third-order valence-electron chi connectivity index (χ3n) is 7.36. The molecule has 0 aliphatic carbocycles. The van der Waals surface area contributed by atoms with Gasteiger partial charge in [0.1, 0.15) is 17.3 Å². The van der Waals surface area contributed by atoms with Crippen LogP contribution >= 0.6 is 0 Å². The van der Waals surface area contributed by atoms with Gasteiger partial charge in [-0.1, -0.05) is 81.3 Å². The number of nitrogens with zero attached hydrogens (tertiary/aromatic N) is 3. The van der Waals surface area contributed by atoms with Gasteiger partial charge in [-0.05, 0) is 62.1 Å². The number of rotatable bonds is 13. The van der Waals surface area contributed by atoms with E-state index in [1.165, 1.54) is 11.3 Å². The number of aromatic nitrogens is 2. The molecule has 0 spiro atoms. The van der Waals surface area contributed by atoms with Crippen molar-refractivity contribution in [1.29, 1.82) is 0 Å². The largest absolute Gasteiger partial charge is 0.507 e. The van der Waals surface area contributed by atoms with E-state index in [1.807, 2.05) is 26.0 Å². The second kappa shape index (κ2) is 13.5. The van der Waals surface area contributed by atoms with E-state index in [4.69, 9.17) is 9.72 Å². The molecule has 0 radical (unpaired) electrons. The number of unbranched alkanes of at least 4 members (excludes halogenated alkanes) is 2. The van der Waals surface area contributed by atoms with Gasteiger partial charge in [0.05, 0.1) is 18.5 Å². The maximum atomic E-state index is 10.3. The van der Waals surface area contributed by atoms with E-state index in [0.717, 1.165) is 91.4 Å². The van der Waals surface area contributed by atoms with Crippen molar-refractivity contribution in [2.24, 2.45) is 0 Å². The van der Waals surface area contributed by atoms with E-state index in [0.29, 0.717) is 5.75 Å². The number of ether oxygens (including phenoxy) is 1. The summed E-state index contributed by atoms with van der Waals surface area (Å²) in [6, 6.07) is 23.0. The third kappa shape index (κ3) is 6.72. The molecule has 0 amide bonds. The molecule has 0 fully saturated rings. The molecule has 5 nitrogen and oxygen atoms in total. The first-order valence-corrected chi connectivity index (χ1v) is 14.3. The van der Waals surface area contributed by atoms with Crippen LogP contribution in [0.25, 0.3) is 22.6 Å². The van der Waals surface area contributed by atoms with Crippen molar-refractivity contribution in [1.82, 2.24) is 14.5 Å². The van der Waals surface area contributed by atoms with Crippen LogP contribution in [0.1, 0.15) is 61.9 Å². The maximum Gasteiger partial charge on any atom is 0.140 e. The first-order valence-electron chi connectivity index (χ1n) is 14.3. The van der Waals surface area contributed by atoms with Crippen molar-refractivity contribution >= 4 is 0 Å². The Bertz CT molecular complexity index is 1340. The van der Waals surface area contributed by atoms with Crippen LogP contribution in [0.15, 0.2) is 66.7 Å². The summed E-state index contributed by atoms with van der Waals surface area (Å²) >= 11 is 0. The SMILES string of the molecule is CCCCN(Cc1cc(C)c(O)c(C)c1)Cc1c(-c2ccccc2OC)nc(-c2ccccc2)n1CCCC. The van der Waals surface area contributed by atoms with Crippen LogP contribution < -0.4 is 4.74 Å². The molecule has 0 aliphatic rings.